The normalized spacial score (nSPS) is 10.1. The molecule has 17 heavy (non-hydrogen) atoms. The zero-order valence-electron chi connectivity index (χ0n) is 8.79. The molecule has 2 aromatic rings. The lowest BCUT2D eigenvalue weighted by atomic mass is 10.2. The molecule has 88 valence electrons. The summed E-state index contributed by atoms with van der Waals surface area (Å²) in [6, 6.07) is 4.82. The molecular weight excluding hydrogens is 240 g/mol. The van der Waals surface area contributed by atoms with Crippen LogP contribution in [0.4, 0.5) is 17.1 Å². The topological polar surface area (TPSA) is 94.1 Å². The van der Waals surface area contributed by atoms with Crippen molar-refractivity contribution in [2.45, 2.75) is 6.54 Å². The van der Waals surface area contributed by atoms with E-state index in [9.17, 15) is 10.1 Å². The molecule has 0 aliphatic heterocycles. The Morgan fingerprint density at radius 1 is 1.53 bits per heavy atom. The third kappa shape index (κ3) is 2.51. The standard InChI is InChI=1S/C10H10N4O2S/c11-8-2-1-3-9(10(8)14(15)16)13-5-7-4-12-6-17-7/h1-4,6,13H,5,11H2. The first-order chi connectivity index (χ1) is 8.18. The fraction of sp³-hybridized carbons (Fsp3) is 0.100. The molecule has 6 nitrogen and oxygen atoms in total. The van der Waals surface area contributed by atoms with Gasteiger partial charge in [0.15, 0.2) is 0 Å². The Morgan fingerprint density at radius 2 is 2.35 bits per heavy atom. The van der Waals surface area contributed by atoms with Crippen molar-refractivity contribution in [3.05, 3.63) is 44.9 Å². The SMILES string of the molecule is Nc1cccc(NCc2cncs2)c1[N+](=O)[O-]. The van der Waals surface area contributed by atoms with E-state index < -0.39 is 4.92 Å². The Labute approximate surface area is 101 Å². The summed E-state index contributed by atoms with van der Waals surface area (Å²) >= 11 is 1.49. The van der Waals surface area contributed by atoms with Crippen LogP contribution < -0.4 is 11.1 Å². The van der Waals surface area contributed by atoms with Gasteiger partial charge in [0.25, 0.3) is 0 Å². The van der Waals surface area contributed by atoms with Crippen molar-refractivity contribution < 1.29 is 4.92 Å². The number of nitrogens with zero attached hydrogens (tertiary/aromatic N) is 2. The Bertz CT molecular complexity index is 527. The molecular formula is C10H10N4O2S. The number of nitrogens with two attached hydrogens (primary N) is 1. The maximum absolute atomic E-state index is 10.9. The van der Waals surface area contributed by atoms with Crippen LogP contribution in [0.15, 0.2) is 29.9 Å². The fourth-order valence-corrected chi connectivity index (χ4v) is 1.95. The van der Waals surface area contributed by atoms with Crippen LogP contribution in [0.2, 0.25) is 0 Å². The lowest BCUT2D eigenvalue weighted by Gasteiger charge is -2.06. The van der Waals surface area contributed by atoms with Crippen LogP contribution in [-0.2, 0) is 6.54 Å². The predicted octanol–water partition coefficient (Wildman–Crippen LogP) is 2.25. The number of nitrogen functional groups attached to an aromatic ring is 1. The van der Waals surface area contributed by atoms with Gasteiger partial charge in [0.2, 0.25) is 0 Å². The number of nitrogens with one attached hydrogen (secondary N) is 1. The summed E-state index contributed by atoms with van der Waals surface area (Å²) in [6.45, 7) is 0.495. The molecule has 0 aliphatic carbocycles. The maximum Gasteiger partial charge on any atom is 0.314 e. The number of hydrogen-bond acceptors (Lipinski definition) is 6. The van der Waals surface area contributed by atoms with Crippen molar-refractivity contribution >= 4 is 28.4 Å². The minimum Gasteiger partial charge on any atom is -0.393 e. The molecule has 0 saturated carbocycles. The molecule has 0 unspecified atom stereocenters. The fourth-order valence-electron chi connectivity index (χ4n) is 1.42. The number of anilines is 2. The second kappa shape index (κ2) is 4.79. The van der Waals surface area contributed by atoms with Gasteiger partial charge in [-0.15, -0.1) is 11.3 Å². The Hall–Kier alpha value is -2.15. The molecule has 1 heterocycles. The Balaban J connectivity index is 2.21. The third-order valence-electron chi connectivity index (χ3n) is 2.19. The van der Waals surface area contributed by atoms with Crippen molar-refractivity contribution in [2.75, 3.05) is 11.1 Å². The number of thiazole rings is 1. The molecule has 7 heteroatoms. The van der Waals surface area contributed by atoms with Gasteiger partial charge in [0.1, 0.15) is 11.4 Å². The predicted molar refractivity (Wildman–Crippen MR) is 66.9 cm³/mol. The summed E-state index contributed by atoms with van der Waals surface area (Å²) < 4.78 is 0. The number of para-hydroxylation sites is 1. The highest BCUT2D eigenvalue weighted by molar-refractivity contribution is 7.09. The summed E-state index contributed by atoms with van der Waals surface area (Å²) in [5, 5.41) is 13.9. The van der Waals surface area contributed by atoms with Crippen molar-refractivity contribution in [3.8, 4) is 0 Å². The highest BCUT2D eigenvalue weighted by Gasteiger charge is 2.17. The van der Waals surface area contributed by atoms with Gasteiger partial charge < -0.3 is 11.1 Å². The maximum atomic E-state index is 10.9. The van der Waals surface area contributed by atoms with E-state index in [0.29, 0.717) is 12.2 Å². The van der Waals surface area contributed by atoms with Gasteiger partial charge in [-0.3, -0.25) is 15.1 Å². The van der Waals surface area contributed by atoms with Crippen LogP contribution in [0.1, 0.15) is 4.88 Å². The van der Waals surface area contributed by atoms with E-state index in [2.05, 4.69) is 10.3 Å². The van der Waals surface area contributed by atoms with Crippen molar-refractivity contribution in [1.29, 1.82) is 0 Å². The van der Waals surface area contributed by atoms with E-state index in [1.54, 1.807) is 23.8 Å². The van der Waals surface area contributed by atoms with E-state index in [0.717, 1.165) is 4.88 Å². The Kier molecular flexibility index (Phi) is 3.20. The molecule has 1 aromatic heterocycles. The minimum absolute atomic E-state index is 0.0861. The first-order valence-electron chi connectivity index (χ1n) is 4.82. The first kappa shape index (κ1) is 11.3. The molecule has 0 fully saturated rings. The lowest BCUT2D eigenvalue weighted by molar-refractivity contribution is -0.383. The van der Waals surface area contributed by atoms with Crippen LogP contribution >= 0.6 is 11.3 Å². The number of benzene rings is 1. The summed E-state index contributed by atoms with van der Waals surface area (Å²) in [4.78, 5) is 15.3. The molecule has 0 aliphatic rings. The highest BCUT2D eigenvalue weighted by Crippen LogP contribution is 2.30. The van der Waals surface area contributed by atoms with E-state index in [1.807, 2.05) is 0 Å². The number of rotatable bonds is 4. The summed E-state index contributed by atoms with van der Waals surface area (Å²) in [5.41, 5.74) is 7.78. The van der Waals surface area contributed by atoms with Crippen LogP contribution in [-0.4, -0.2) is 9.91 Å². The molecule has 0 bridgehead atoms. The van der Waals surface area contributed by atoms with Gasteiger partial charge in [0.05, 0.1) is 17.0 Å². The zero-order chi connectivity index (χ0) is 12.3. The second-order valence-corrected chi connectivity index (χ2v) is 4.29. The van der Waals surface area contributed by atoms with E-state index in [1.165, 1.54) is 17.4 Å². The van der Waals surface area contributed by atoms with Crippen molar-refractivity contribution in [3.63, 3.8) is 0 Å². The third-order valence-corrected chi connectivity index (χ3v) is 2.97. The molecule has 0 radical (unpaired) electrons. The van der Waals surface area contributed by atoms with E-state index in [4.69, 9.17) is 5.73 Å². The largest absolute Gasteiger partial charge is 0.393 e. The molecule has 0 amide bonds. The molecule has 3 N–H and O–H groups in total. The van der Waals surface area contributed by atoms with Gasteiger partial charge in [0, 0.05) is 11.1 Å². The molecule has 0 spiro atoms. The highest BCUT2D eigenvalue weighted by atomic mass is 32.1. The first-order valence-corrected chi connectivity index (χ1v) is 5.70. The van der Waals surface area contributed by atoms with Gasteiger partial charge in [-0.2, -0.15) is 0 Å². The van der Waals surface area contributed by atoms with Gasteiger partial charge in [-0.25, -0.2) is 0 Å². The van der Waals surface area contributed by atoms with Crippen LogP contribution in [0.25, 0.3) is 0 Å². The summed E-state index contributed by atoms with van der Waals surface area (Å²) in [6.07, 6.45) is 1.72. The smallest absolute Gasteiger partial charge is 0.314 e. The average Bonchev–Trinajstić information content (AvgIpc) is 2.78. The van der Waals surface area contributed by atoms with Gasteiger partial charge in [-0.05, 0) is 12.1 Å². The van der Waals surface area contributed by atoms with Crippen LogP contribution in [0, 0.1) is 10.1 Å². The van der Waals surface area contributed by atoms with E-state index >= 15 is 0 Å². The monoisotopic (exact) mass is 250 g/mol. The molecule has 1 aromatic carbocycles. The summed E-state index contributed by atoms with van der Waals surface area (Å²) in [5.74, 6) is 0. The quantitative estimate of drug-likeness (QED) is 0.493. The number of hydrogen-bond donors (Lipinski definition) is 2. The van der Waals surface area contributed by atoms with Gasteiger partial charge in [-0.1, -0.05) is 6.07 Å². The van der Waals surface area contributed by atoms with Crippen molar-refractivity contribution in [1.82, 2.24) is 4.98 Å². The van der Waals surface area contributed by atoms with Crippen LogP contribution in [0.5, 0.6) is 0 Å². The Morgan fingerprint density at radius 3 is 3.00 bits per heavy atom. The van der Waals surface area contributed by atoms with Gasteiger partial charge >= 0.3 is 5.69 Å². The second-order valence-electron chi connectivity index (χ2n) is 3.32. The summed E-state index contributed by atoms with van der Waals surface area (Å²) in [7, 11) is 0. The average molecular weight is 250 g/mol. The lowest BCUT2D eigenvalue weighted by Crippen LogP contribution is -2.03. The zero-order valence-corrected chi connectivity index (χ0v) is 9.61. The minimum atomic E-state index is -0.482. The number of nitro benzene ring substituents is 1. The molecule has 0 atom stereocenters. The number of aromatic nitrogens is 1. The van der Waals surface area contributed by atoms with E-state index in [-0.39, 0.29) is 11.4 Å². The van der Waals surface area contributed by atoms with Crippen LogP contribution in [0.3, 0.4) is 0 Å². The molecule has 2 rings (SSSR count). The number of nitro groups is 1. The molecule has 0 saturated heterocycles. The van der Waals surface area contributed by atoms with Crippen molar-refractivity contribution in [2.24, 2.45) is 0 Å².